The molecule has 30 heavy (non-hydrogen) atoms. The lowest BCUT2D eigenvalue weighted by Crippen LogP contribution is -2.25. The van der Waals surface area contributed by atoms with Crippen molar-refractivity contribution >= 4 is 27.3 Å². The first kappa shape index (κ1) is 20.2. The molecule has 1 saturated heterocycles. The van der Waals surface area contributed by atoms with Gasteiger partial charge in [-0.05, 0) is 60.7 Å². The van der Waals surface area contributed by atoms with Crippen molar-refractivity contribution in [3.8, 4) is 0 Å². The average molecular weight is 421 g/mol. The molecule has 5 nitrogen and oxygen atoms in total. The van der Waals surface area contributed by atoms with Gasteiger partial charge in [0.1, 0.15) is 0 Å². The highest BCUT2D eigenvalue weighted by Crippen LogP contribution is 2.25. The molecule has 0 aliphatic carbocycles. The van der Waals surface area contributed by atoms with E-state index >= 15 is 0 Å². The number of anilines is 2. The van der Waals surface area contributed by atoms with Crippen molar-refractivity contribution in [1.29, 1.82) is 0 Å². The van der Waals surface area contributed by atoms with Crippen LogP contribution in [0.15, 0.2) is 78.9 Å². The van der Waals surface area contributed by atoms with Crippen LogP contribution in [0.4, 0.5) is 11.4 Å². The van der Waals surface area contributed by atoms with Crippen molar-refractivity contribution in [2.75, 3.05) is 21.9 Å². The Morgan fingerprint density at radius 3 is 2.27 bits per heavy atom. The molecule has 0 atom stereocenters. The summed E-state index contributed by atoms with van der Waals surface area (Å²) in [6.45, 7) is 0.503. The number of hydrogen-bond donors (Lipinski definition) is 1. The van der Waals surface area contributed by atoms with Gasteiger partial charge in [-0.25, -0.2) is 8.42 Å². The fourth-order valence-corrected chi connectivity index (χ4v) is 5.29. The zero-order valence-corrected chi connectivity index (χ0v) is 17.4. The molecule has 0 bridgehead atoms. The summed E-state index contributed by atoms with van der Waals surface area (Å²) in [5.74, 6) is 0.0193. The van der Waals surface area contributed by atoms with Crippen LogP contribution in [0.5, 0.6) is 0 Å². The maximum absolute atomic E-state index is 12.9. The zero-order valence-electron chi connectivity index (χ0n) is 16.6. The summed E-state index contributed by atoms with van der Waals surface area (Å²) in [4.78, 5) is 12.9. The molecule has 4 rings (SSSR count). The lowest BCUT2D eigenvalue weighted by atomic mass is 9.99. The summed E-state index contributed by atoms with van der Waals surface area (Å²) < 4.78 is 25.6. The molecule has 3 aromatic carbocycles. The maximum Gasteiger partial charge on any atom is 0.255 e. The third kappa shape index (κ3) is 4.54. The molecule has 0 unspecified atom stereocenters. The van der Waals surface area contributed by atoms with Gasteiger partial charge in [0.25, 0.3) is 5.91 Å². The number of carbonyl (C=O) groups is 1. The Balaban J connectivity index is 1.45. The number of hydrogen-bond acceptors (Lipinski definition) is 3. The Labute approximate surface area is 177 Å². The van der Waals surface area contributed by atoms with Crippen molar-refractivity contribution in [3.63, 3.8) is 0 Å². The van der Waals surface area contributed by atoms with Crippen LogP contribution in [0.2, 0.25) is 0 Å². The summed E-state index contributed by atoms with van der Waals surface area (Å²) in [5.41, 5.74) is 4.16. The summed E-state index contributed by atoms with van der Waals surface area (Å²) in [6.07, 6.45) is 2.28. The van der Waals surface area contributed by atoms with E-state index in [9.17, 15) is 13.2 Å². The SMILES string of the molecule is O=C(Nc1ccc(N2CCCS2(=O)=O)cc1)c1ccccc1CCc1ccccc1. The van der Waals surface area contributed by atoms with Gasteiger partial charge in [0.15, 0.2) is 0 Å². The monoisotopic (exact) mass is 420 g/mol. The maximum atomic E-state index is 12.9. The summed E-state index contributed by atoms with van der Waals surface area (Å²) in [5, 5.41) is 2.93. The van der Waals surface area contributed by atoms with Crippen LogP contribution in [0.3, 0.4) is 0 Å². The summed E-state index contributed by atoms with van der Waals surface area (Å²) in [6, 6.07) is 24.8. The molecule has 0 spiro atoms. The van der Waals surface area contributed by atoms with E-state index in [2.05, 4.69) is 17.4 Å². The molecule has 1 amide bonds. The molecule has 1 heterocycles. The van der Waals surface area contributed by atoms with E-state index in [1.54, 1.807) is 24.3 Å². The molecule has 3 aromatic rings. The molecule has 0 saturated carbocycles. The van der Waals surface area contributed by atoms with Gasteiger partial charge in [-0.15, -0.1) is 0 Å². The number of carbonyl (C=O) groups excluding carboxylic acids is 1. The zero-order chi connectivity index (χ0) is 21.0. The minimum Gasteiger partial charge on any atom is -0.322 e. The van der Waals surface area contributed by atoms with Crippen LogP contribution in [0, 0.1) is 0 Å². The number of sulfonamides is 1. The van der Waals surface area contributed by atoms with Crippen LogP contribution in [-0.4, -0.2) is 26.6 Å². The van der Waals surface area contributed by atoms with Crippen LogP contribution in [0.1, 0.15) is 27.9 Å². The van der Waals surface area contributed by atoms with E-state index in [4.69, 9.17) is 0 Å². The van der Waals surface area contributed by atoms with Gasteiger partial charge in [-0.3, -0.25) is 9.10 Å². The van der Waals surface area contributed by atoms with E-state index < -0.39 is 10.0 Å². The average Bonchev–Trinajstić information content (AvgIpc) is 3.12. The predicted octanol–water partition coefficient (Wildman–Crippen LogP) is 4.26. The van der Waals surface area contributed by atoms with Gasteiger partial charge >= 0.3 is 0 Å². The highest BCUT2D eigenvalue weighted by Gasteiger charge is 2.28. The molecule has 1 N–H and O–H groups in total. The quantitative estimate of drug-likeness (QED) is 0.648. The lowest BCUT2D eigenvalue weighted by Gasteiger charge is -2.17. The molecule has 1 aliphatic rings. The van der Waals surface area contributed by atoms with Gasteiger partial charge in [0.05, 0.1) is 11.4 Å². The van der Waals surface area contributed by atoms with Gasteiger partial charge < -0.3 is 5.32 Å². The number of aryl methyl sites for hydroxylation is 2. The molecule has 0 radical (unpaired) electrons. The molecule has 154 valence electrons. The molecular weight excluding hydrogens is 396 g/mol. The Morgan fingerprint density at radius 2 is 1.57 bits per heavy atom. The van der Waals surface area contributed by atoms with E-state index in [0.29, 0.717) is 29.9 Å². The van der Waals surface area contributed by atoms with Crippen LogP contribution in [0.25, 0.3) is 0 Å². The summed E-state index contributed by atoms with van der Waals surface area (Å²) >= 11 is 0. The third-order valence-corrected chi connectivity index (χ3v) is 7.17. The van der Waals surface area contributed by atoms with E-state index in [1.807, 2.05) is 42.5 Å². The minimum atomic E-state index is -3.21. The van der Waals surface area contributed by atoms with E-state index in [1.165, 1.54) is 9.87 Å². The van der Waals surface area contributed by atoms with Gasteiger partial charge in [0, 0.05) is 17.8 Å². The molecule has 1 aliphatic heterocycles. The number of rotatable bonds is 6. The molecule has 0 aromatic heterocycles. The van der Waals surface area contributed by atoms with Crippen LogP contribution < -0.4 is 9.62 Å². The van der Waals surface area contributed by atoms with Crippen molar-refractivity contribution < 1.29 is 13.2 Å². The number of nitrogens with one attached hydrogen (secondary N) is 1. The second-order valence-electron chi connectivity index (χ2n) is 7.39. The standard InChI is InChI=1S/C24H24N2O3S/c27-24(23-10-5-4-9-20(23)12-11-19-7-2-1-3-8-19)25-21-13-15-22(16-14-21)26-17-6-18-30(26,28)29/h1-5,7-10,13-16H,6,11-12,17-18H2,(H,25,27). The van der Waals surface area contributed by atoms with Gasteiger partial charge in [-0.1, -0.05) is 48.5 Å². The Hall–Kier alpha value is -3.12. The number of nitrogens with zero attached hydrogens (tertiary/aromatic N) is 1. The number of amides is 1. The highest BCUT2D eigenvalue weighted by atomic mass is 32.2. The van der Waals surface area contributed by atoms with Gasteiger partial charge in [0.2, 0.25) is 10.0 Å². The molecule has 6 heteroatoms. The van der Waals surface area contributed by atoms with Crippen LogP contribution >= 0.6 is 0 Å². The highest BCUT2D eigenvalue weighted by molar-refractivity contribution is 7.93. The van der Waals surface area contributed by atoms with Crippen LogP contribution in [-0.2, 0) is 22.9 Å². The first-order chi connectivity index (χ1) is 14.5. The largest absolute Gasteiger partial charge is 0.322 e. The smallest absolute Gasteiger partial charge is 0.255 e. The fourth-order valence-electron chi connectivity index (χ4n) is 3.72. The summed E-state index contributed by atoms with van der Waals surface area (Å²) in [7, 11) is -3.21. The van der Waals surface area contributed by atoms with E-state index in [0.717, 1.165) is 18.4 Å². The van der Waals surface area contributed by atoms with Crippen molar-refractivity contribution in [2.45, 2.75) is 19.3 Å². The van der Waals surface area contributed by atoms with Crippen molar-refractivity contribution in [3.05, 3.63) is 95.6 Å². The lowest BCUT2D eigenvalue weighted by molar-refractivity contribution is 0.102. The second kappa shape index (κ2) is 8.71. The Bertz CT molecular complexity index is 1130. The predicted molar refractivity (Wildman–Crippen MR) is 120 cm³/mol. The normalized spacial score (nSPS) is 15.1. The first-order valence-corrected chi connectivity index (χ1v) is 11.7. The Kier molecular flexibility index (Phi) is 5.86. The van der Waals surface area contributed by atoms with Crippen molar-refractivity contribution in [1.82, 2.24) is 0 Å². The van der Waals surface area contributed by atoms with Crippen molar-refractivity contribution in [2.24, 2.45) is 0 Å². The third-order valence-electron chi connectivity index (χ3n) is 5.30. The van der Waals surface area contributed by atoms with Gasteiger partial charge in [-0.2, -0.15) is 0 Å². The molecule has 1 fully saturated rings. The minimum absolute atomic E-state index is 0.166. The first-order valence-electron chi connectivity index (χ1n) is 10.1. The molecular formula is C24H24N2O3S. The van der Waals surface area contributed by atoms with E-state index in [-0.39, 0.29) is 11.7 Å². The topological polar surface area (TPSA) is 66.5 Å². The fraction of sp³-hybridized carbons (Fsp3) is 0.208. The Morgan fingerprint density at radius 1 is 0.867 bits per heavy atom. The number of benzene rings is 3. The second-order valence-corrected chi connectivity index (χ2v) is 9.40.